The summed E-state index contributed by atoms with van der Waals surface area (Å²) < 4.78 is 11.1. The average Bonchev–Trinajstić information content (AvgIpc) is 2.52. The second-order valence-electron chi connectivity index (χ2n) is 4.59. The minimum atomic E-state index is -0.515. The van der Waals surface area contributed by atoms with Crippen molar-refractivity contribution >= 4 is 0 Å². The van der Waals surface area contributed by atoms with Crippen molar-refractivity contribution in [2.45, 2.75) is 13.0 Å². The van der Waals surface area contributed by atoms with E-state index in [0.717, 1.165) is 5.56 Å². The minimum absolute atomic E-state index is 0.383. The Morgan fingerprint density at radius 2 is 1.67 bits per heavy atom. The van der Waals surface area contributed by atoms with Crippen LogP contribution in [0.25, 0.3) is 0 Å². The molecule has 2 aromatic rings. The standard InChI is InChI=1S/C17H17NO3/c1-13(19)15-5-3-7-17(11-15)21-9-8-20-16-6-2-4-14(10-16)12-18/h2-7,10-11,13,19H,8-9H2,1H3/t13-/m1/s1. The Balaban J connectivity index is 1.82. The molecule has 2 aromatic carbocycles. The molecule has 108 valence electrons. The molecule has 21 heavy (non-hydrogen) atoms. The van der Waals surface area contributed by atoms with E-state index in [-0.39, 0.29) is 0 Å². The SMILES string of the molecule is C[C@@H](O)c1cccc(OCCOc2cccc(C#N)c2)c1. The largest absolute Gasteiger partial charge is 0.490 e. The van der Waals surface area contributed by atoms with Crippen LogP contribution in [0.15, 0.2) is 48.5 Å². The summed E-state index contributed by atoms with van der Waals surface area (Å²) in [5, 5.41) is 18.3. The Labute approximate surface area is 124 Å². The molecule has 4 heteroatoms. The van der Waals surface area contributed by atoms with Crippen LogP contribution in [0.1, 0.15) is 24.2 Å². The molecule has 0 heterocycles. The van der Waals surface area contributed by atoms with Gasteiger partial charge in [0.2, 0.25) is 0 Å². The van der Waals surface area contributed by atoms with Gasteiger partial charge >= 0.3 is 0 Å². The first-order chi connectivity index (χ1) is 10.2. The Bertz CT molecular complexity index is 632. The Morgan fingerprint density at radius 3 is 2.29 bits per heavy atom. The van der Waals surface area contributed by atoms with E-state index in [4.69, 9.17) is 14.7 Å². The van der Waals surface area contributed by atoms with Crippen molar-refractivity contribution in [3.05, 3.63) is 59.7 Å². The molecule has 0 amide bonds. The number of benzene rings is 2. The lowest BCUT2D eigenvalue weighted by Crippen LogP contribution is -2.09. The highest BCUT2D eigenvalue weighted by Gasteiger charge is 2.02. The number of hydrogen-bond acceptors (Lipinski definition) is 4. The van der Waals surface area contributed by atoms with Gasteiger partial charge < -0.3 is 14.6 Å². The van der Waals surface area contributed by atoms with Gasteiger partial charge in [-0.1, -0.05) is 18.2 Å². The van der Waals surface area contributed by atoms with Crippen LogP contribution in [0.3, 0.4) is 0 Å². The number of hydrogen-bond donors (Lipinski definition) is 1. The summed E-state index contributed by atoms with van der Waals surface area (Å²) in [6.45, 7) is 2.48. The molecule has 4 nitrogen and oxygen atoms in total. The van der Waals surface area contributed by atoms with Gasteiger partial charge in [-0.25, -0.2) is 0 Å². The fourth-order valence-electron chi connectivity index (χ4n) is 1.84. The van der Waals surface area contributed by atoms with Crippen LogP contribution < -0.4 is 9.47 Å². The summed E-state index contributed by atoms with van der Waals surface area (Å²) in [4.78, 5) is 0. The first-order valence-electron chi connectivity index (χ1n) is 6.73. The molecule has 0 aliphatic rings. The molecule has 0 aromatic heterocycles. The zero-order chi connectivity index (χ0) is 15.1. The molecule has 0 aliphatic carbocycles. The summed E-state index contributed by atoms with van der Waals surface area (Å²) in [7, 11) is 0. The second-order valence-corrected chi connectivity index (χ2v) is 4.59. The number of aliphatic hydroxyl groups is 1. The van der Waals surface area contributed by atoms with Gasteiger partial charge in [0.25, 0.3) is 0 Å². The third-order valence-electron chi connectivity index (χ3n) is 2.92. The van der Waals surface area contributed by atoms with Crippen molar-refractivity contribution in [3.8, 4) is 17.6 Å². The van der Waals surface area contributed by atoms with E-state index in [1.807, 2.05) is 18.2 Å². The van der Waals surface area contributed by atoms with Gasteiger partial charge in [-0.05, 0) is 42.8 Å². The van der Waals surface area contributed by atoms with Crippen LogP contribution in [-0.4, -0.2) is 18.3 Å². The maximum Gasteiger partial charge on any atom is 0.122 e. The summed E-state index contributed by atoms with van der Waals surface area (Å²) in [6.07, 6.45) is -0.515. The number of nitrogens with zero attached hydrogens (tertiary/aromatic N) is 1. The Kier molecular flexibility index (Phi) is 5.19. The summed E-state index contributed by atoms with van der Waals surface area (Å²) in [6, 6.07) is 16.4. The van der Waals surface area contributed by atoms with Crippen molar-refractivity contribution in [3.63, 3.8) is 0 Å². The lowest BCUT2D eigenvalue weighted by molar-refractivity contribution is 0.196. The minimum Gasteiger partial charge on any atom is -0.490 e. The molecule has 0 radical (unpaired) electrons. The number of rotatable bonds is 6. The molecule has 2 rings (SSSR count). The maximum atomic E-state index is 9.51. The summed E-state index contributed by atoms with van der Waals surface area (Å²) in [5.74, 6) is 1.35. The van der Waals surface area contributed by atoms with Crippen molar-refractivity contribution < 1.29 is 14.6 Å². The van der Waals surface area contributed by atoms with E-state index in [1.165, 1.54) is 0 Å². The third kappa shape index (κ3) is 4.51. The fraction of sp³-hybridized carbons (Fsp3) is 0.235. The van der Waals surface area contributed by atoms with E-state index < -0.39 is 6.10 Å². The highest BCUT2D eigenvalue weighted by Crippen LogP contribution is 2.19. The molecular weight excluding hydrogens is 266 g/mol. The number of nitriles is 1. The molecule has 0 aliphatic heterocycles. The Hall–Kier alpha value is -2.51. The van der Waals surface area contributed by atoms with Gasteiger partial charge in [0, 0.05) is 0 Å². The van der Waals surface area contributed by atoms with E-state index in [2.05, 4.69) is 6.07 Å². The third-order valence-corrected chi connectivity index (χ3v) is 2.92. The van der Waals surface area contributed by atoms with Crippen LogP contribution >= 0.6 is 0 Å². The molecule has 0 saturated heterocycles. The summed E-state index contributed by atoms with van der Waals surface area (Å²) in [5.41, 5.74) is 1.38. The molecule has 1 atom stereocenters. The molecule has 0 spiro atoms. The first kappa shape index (κ1) is 14.9. The van der Waals surface area contributed by atoms with Crippen LogP contribution in [0, 0.1) is 11.3 Å². The van der Waals surface area contributed by atoms with Crippen LogP contribution in [0.2, 0.25) is 0 Å². The van der Waals surface area contributed by atoms with Gasteiger partial charge in [-0.15, -0.1) is 0 Å². The number of aliphatic hydroxyl groups excluding tert-OH is 1. The molecule has 1 N–H and O–H groups in total. The molecule has 0 unspecified atom stereocenters. The lowest BCUT2D eigenvalue weighted by Gasteiger charge is -2.10. The highest BCUT2D eigenvalue weighted by atomic mass is 16.5. The normalized spacial score (nSPS) is 11.5. The van der Waals surface area contributed by atoms with Crippen molar-refractivity contribution in [1.29, 1.82) is 5.26 Å². The van der Waals surface area contributed by atoms with Gasteiger partial charge in [-0.2, -0.15) is 5.26 Å². The molecule has 0 bridgehead atoms. The smallest absolute Gasteiger partial charge is 0.122 e. The zero-order valence-corrected chi connectivity index (χ0v) is 11.8. The van der Waals surface area contributed by atoms with Crippen LogP contribution in [-0.2, 0) is 0 Å². The van der Waals surface area contributed by atoms with Gasteiger partial charge in [-0.3, -0.25) is 0 Å². The van der Waals surface area contributed by atoms with E-state index in [0.29, 0.717) is 30.3 Å². The second kappa shape index (κ2) is 7.32. The van der Waals surface area contributed by atoms with Crippen molar-refractivity contribution in [2.24, 2.45) is 0 Å². The van der Waals surface area contributed by atoms with Crippen LogP contribution in [0.5, 0.6) is 11.5 Å². The predicted molar refractivity (Wildman–Crippen MR) is 79.2 cm³/mol. The van der Waals surface area contributed by atoms with Crippen molar-refractivity contribution in [1.82, 2.24) is 0 Å². The average molecular weight is 283 g/mol. The van der Waals surface area contributed by atoms with Crippen molar-refractivity contribution in [2.75, 3.05) is 13.2 Å². The van der Waals surface area contributed by atoms with E-state index in [9.17, 15) is 5.11 Å². The molecular formula is C17H17NO3. The first-order valence-corrected chi connectivity index (χ1v) is 6.73. The van der Waals surface area contributed by atoms with E-state index in [1.54, 1.807) is 37.3 Å². The quantitative estimate of drug-likeness (QED) is 0.828. The van der Waals surface area contributed by atoms with Gasteiger partial charge in [0.15, 0.2) is 0 Å². The highest BCUT2D eigenvalue weighted by molar-refractivity contribution is 5.36. The topological polar surface area (TPSA) is 62.5 Å². The predicted octanol–water partition coefficient (Wildman–Crippen LogP) is 3.07. The lowest BCUT2D eigenvalue weighted by atomic mass is 10.1. The van der Waals surface area contributed by atoms with Gasteiger partial charge in [0.1, 0.15) is 24.7 Å². The van der Waals surface area contributed by atoms with Crippen LogP contribution in [0.4, 0.5) is 0 Å². The fourth-order valence-corrected chi connectivity index (χ4v) is 1.84. The molecule has 0 saturated carbocycles. The van der Waals surface area contributed by atoms with Gasteiger partial charge in [0.05, 0.1) is 17.7 Å². The molecule has 0 fully saturated rings. The maximum absolute atomic E-state index is 9.51. The Morgan fingerprint density at radius 1 is 1.05 bits per heavy atom. The number of ether oxygens (including phenoxy) is 2. The van der Waals surface area contributed by atoms with E-state index >= 15 is 0 Å². The summed E-state index contributed by atoms with van der Waals surface area (Å²) >= 11 is 0. The monoisotopic (exact) mass is 283 g/mol. The zero-order valence-electron chi connectivity index (χ0n) is 11.8.